The van der Waals surface area contributed by atoms with Gasteiger partial charge in [0.15, 0.2) is 0 Å². The van der Waals surface area contributed by atoms with Gasteiger partial charge in [-0.25, -0.2) is 0 Å². The Kier molecular flexibility index (Phi) is 6.93. The minimum absolute atomic E-state index is 0.000572. The second-order valence-electron chi connectivity index (χ2n) is 7.10. The first kappa shape index (κ1) is 20.2. The molecule has 1 saturated heterocycles. The molecule has 2 aromatic rings. The molecule has 0 radical (unpaired) electrons. The van der Waals surface area contributed by atoms with Crippen LogP contribution in [0.5, 0.6) is 11.5 Å². The zero-order chi connectivity index (χ0) is 19.8. The summed E-state index contributed by atoms with van der Waals surface area (Å²) in [5, 5.41) is 3.09. The smallest absolute Gasteiger partial charge is 0.235 e. The highest BCUT2D eigenvalue weighted by Gasteiger charge is 2.41. The summed E-state index contributed by atoms with van der Waals surface area (Å²) in [6, 6.07) is 15.3. The average molecular weight is 383 g/mol. The Labute approximate surface area is 167 Å². The predicted molar refractivity (Wildman–Crippen MR) is 110 cm³/mol. The van der Waals surface area contributed by atoms with Gasteiger partial charge in [-0.15, -0.1) is 0 Å². The molecule has 1 N–H and O–H groups in total. The fourth-order valence-corrected chi connectivity index (χ4v) is 3.50. The molecule has 1 aliphatic rings. The van der Waals surface area contributed by atoms with Gasteiger partial charge in [-0.3, -0.25) is 4.79 Å². The average Bonchev–Trinajstić information content (AvgIpc) is 2.75. The minimum Gasteiger partial charge on any atom is -0.497 e. The zero-order valence-electron chi connectivity index (χ0n) is 16.7. The summed E-state index contributed by atoms with van der Waals surface area (Å²) in [4.78, 5) is 13.3. The number of hydrogen-bond acceptors (Lipinski definition) is 4. The number of anilines is 1. The van der Waals surface area contributed by atoms with Gasteiger partial charge in [-0.05, 0) is 61.2 Å². The lowest BCUT2D eigenvalue weighted by molar-refractivity contribution is -0.125. The van der Waals surface area contributed by atoms with E-state index in [1.54, 1.807) is 7.11 Å². The largest absolute Gasteiger partial charge is 0.497 e. The van der Waals surface area contributed by atoms with Gasteiger partial charge in [-0.2, -0.15) is 0 Å². The van der Waals surface area contributed by atoms with Crippen molar-refractivity contribution in [1.82, 2.24) is 0 Å². The second-order valence-corrected chi connectivity index (χ2v) is 7.10. The molecule has 150 valence electrons. The highest BCUT2D eigenvalue weighted by molar-refractivity contribution is 5.99. The van der Waals surface area contributed by atoms with Crippen LogP contribution in [0.2, 0.25) is 0 Å². The molecule has 0 aromatic heterocycles. The summed E-state index contributed by atoms with van der Waals surface area (Å²) in [6.07, 6.45) is 3.45. The van der Waals surface area contributed by atoms with Gasteiger partial charge in [0.05, 0.1) is 19.1 Å². The van der Waals surface area contributed by atoms with E-state index >= 15 is 0 Å². The summed E-state index contributed by atoms with van der Waals surface area (Å²) in [6.45, 7) is 3.99. The number of benzene rings is 2. The quantitative estimate of drug-likeness (QED) is 0.679. The molecule has 0 spiro atoms. The zero-order valence-corrected chi connectivity index (χ0v) is 16.7. The van der Waals surface area contributed by atoms with Crippen molar-refractivity contribution in [2.24, 2.45) is 0 Å². The van der Waals surface area contributed by atoms with E-state index in [0.29, 0.717) is 32.7 Å². The highest BCUT2D eigenvalue weighted by Crippen LogP contribution is 2.37. The number of ether oxygens (including phenoxy) is 3. The van der Waals surface area contributed by atoms with Gasteiger partial charge in [0.1, 0.15) is 11.5 Å². The van der Waals surface area contributed by atoms with E-state index in [1.165, 1.54) is 0 Å². The Balaban J connectivity index is 1.74. The van der Waals surface area contributed by atoms with Crippen molar-refractivity contribution < 1.29 is 19.0 Å². The molecule has 1 heterocycles. The van der Waals surface area contributed by atoms with Crippen LogP contribution in [0.4, 0.5) is 5.69 Å². The van der Waals surface area contributed by atoms with E-state index in [2.05, 4.69) is 12.2 Å². The molecule has 0 unspecified atom stereocenters. The topological polar surface area (TPSA) is 56.8 Å². The number of hydrogen-bond donors (Lipinski definition) is 1. The number of rotatable bonds is 8. The van der Waals surface area contributed by atoms with Crippen LogP contribution < -0.4 is 14.8 Å². The maximum Gasteiger partial charge on any atom is 0.235 e. The lowest BCUT2D eigenvalue weighted by atomic mass is 9.73. The molecule has 0 saturated carbocycles. The minimum atomic E-state index is -0.596. The van der Waals surface area contributed by atoms with E-state index in [4.69, 9.17) is 14.2 Å². The Morgan fingerprint density at radius 1 is 1.04 bits per heavy atom. The maximum absolute atomic E-state index is 13.3. The summed E-state index contributed by atoms with van der Waals surface area (Å²) in [5.74, 6) is 1.60. The van der Waals surface area contributed by atoms with Crippen LogP contribution in [0.25, 0.3) is 0 Å². The van der Waals surface area contributed by atoms with Gasteiger partial charge >= 0.3 is 0 Å². The number of methoxy groups -OCH3 is 1. The molecule has 2 aromatic carbocycles. The van der Waals surface area contributed by atoms with Gasteiger partial charge < -0.3 is 19.5 Å². The standard InChI is InChI=1S/C23H29NO4/c1-3-4-15-28-21-11-7-19(8-12-21)24-22(25)23(13-16-27-17-14-23)18-5-9-20(26-2)10-6-18/h5-12H,3-4,13-17H2,1-2H3,(H,24,25). The molecule has 0 atom stereocenters. The van der Waals surface area contributed by atoms with E-state index in [0.717, 1.165) is 35.6 Å². The first-order valence-electron chi connectivity index (χ1n) is 9.94. The second kappa shape index (κ2) is 9.60. The molecule has 5 heteroatoms. The molecule has 1 amide bonds. The molecule has 3 rings (SSSR count). The highest BCUT2D eigenvalue weighted by atomic mass is 16.5. The summed E-state index contributed by atoms with van der Waals surface area (Å²) >= 11 is 0. The van der Waals surface area contributed by atoms with E-state index in [9.17, 15) is 4.79 Å². The van der Waals surface area contributed by atoms with E-state index in [1.807, 2.05) is 48.5 Å². The van der Waals surface area contributed by atoms with Crippen molar-refractivity contribution >= 4 is 11.6 Å². The summed E-state index contributed by atoms with van der Waals surface area (Å²) < 4.78 is 16.5. The van der Waals surface area contributed by atoms with Gasteiger partial charge in [0.25, 0.3) is 0 Å². The number of carbonyl (C=O) groups is 1. The third-order valence-electron chi connectivity index (χ3n) is 5.30. The first-order valence-corrected chi connectivity index (χ1v) is 9.94. The predicted octanol–water partition coefficient (Wildman–Crippen LogP) is 4.56. The van der Waals surface area contributed by atoms with Crippen LogP contribution >= 0.6 is 0 Å². The van der Waals surface area contributed by atoms with Crippen LogP contribution in [-0.2, 0) is 14.9 Å². The third kappa shape index (κ3) is 4.65. The van der Waals surface area contributed by atoms with Crippen molar-refractivity contribution in [2.75, 3.05) is 32.2 Å². The van der Waals surface area contributed by atoms with Gasteiger partial charge in [-0.1, -0.05) is 25.5 Å². The third-order valence-corrected chi connectivity index (χ3v) is 5.30. The number of nitrogens with one attached hydrogen (secondary N) is 1. The van der Waals surface area contributed by atoms with Gasteiger partial charge in [0.2, 0.25) is 5.91 Å². The van der Waals surface area contributed by atoms with Gasteiger partial charge in [0, 0.05) is 18.9 Å². The number of amides is 1. The molecule has 0 bridgehead atoms. The molecule has 0 aliphatic carbocycles. The van der Waals surface area contributed by atoms with E-state index in [-0.39, 0.29) is 5.91 Å². The van der Waals surface area contributed by atoms with Crippen molar-refractivity contribution in [3.63, 3.8) is 0 Å². The Bertz CT molecular complexity index is 749. The van der Waals surface area contributed by atoms with Crippen molar-refractivity contribution in [3.05, 3.63) is 54.1 Å². The van der Waals surface area contributed by atoms with Crippen molar-refractivity contribution in [2.45, 2.75) is 38.0 Å². The molecule has 28 heavy (non-hydrogen) atoms. The molecule has 1 aliphatic heterocycles. The van der Waals surface area contributed by atoms with E-state index < -0.39 is 5.41 Å². The monoisotopic (exact) mass is 383 g/mol. The Hall–Kier alpha value is -2.53. The Morgan fingerprint density at radius 2 is 1.68 bits per heavy atom. The SMILES string of the molecule is CCCCOc1ccc(NC(=O)C2(c3ccc(OC)cc3)CCOCC2)cc1. The first-order chi connectivity index (χ1) is 13.7. The summed E-state index contributed by atoms with van der Waals surface area (Å²) in [5.41, 5.74) is 1.17. The van der Waals surface area contributed by atoms with Crippen molar-refractivity contribution in [1.29, 1.82) is 0 Å². The number of carbonyl (C=O) groups excluding carboxylic acids is 1. The van der Waals surface area contributed by atoms with Crippen LogP contribution in [0, 0.1) is 0 Å². The fraction of sp³-hybridized carbons (Fsp3) is 0.435. The molecular formula is C23H29NO4. The van der Waals surface area contributed by atoms with Crippen LogP contribution in [0.3, 0.4) is 0 Å². The maximum atomic E-state index is 13.3. The lowest BCUT2D eigenvalue weighted by Gasteiger charge is -2.36. The van der Waals surface area contributed by atoms with Crippen molar-refractivity contribution in [3.8, 4) is 11.5 Å². The summed E-state index contributed by atoms with van der Waals surface area (Å²) in [7, 11) is 1.64. The Morgan fingerprint density at radius 3 is 2.29 bits per heavy atom. The lowest BCUT2D eigenvalue weighted by Crippen LogP contribution is -2.44. The molecule has 1 fully saturated rings. The fourth-order valence-electron chi connectivity index (χ4n) is 3.50. The molecule has 5 nitrogen and oxygen atoms in total. The van der Waals surface area contributed by atoms with Crippen LogP contribution in [-0.4, -0.2) is 32.8 Å². The van der Waals surface area contributed by atoms with Crippen LogP contribution in [0.15, 0.2) is 48.5 Å². The number of unbranched alkanes of at least 4 members (excludes halogenated alkanes) is 1. The molecular weight excluding hydrogens is 354 g/mol. The van der Waals surface area contributed by atoms with Crippen LogP contribution in [0.1, 0.15) is 38.2 Å². The normalized spacial score (nSPS) is 15.6.